The Morgan fingerprint density at radius 1 is 1.14 bits per heavy atom. The van der Waals surface area contributed by atoms with Gasteiger partial charge >= 0.3 is 0 Å². The van der Waals surface area contributed by atoms with Gasteiger partial charge in [-0.1, -0.05) is 12.1 Å². The molecule has 0 spiro atoms. The minimum absolute atomic E-state index is 0.324. The quantitative estimate of drug-likeness (QED) is 0.666. The molecule has 3 rings (SSSR count). The Hall–Kier alpha value is -1.68. The van der Waals surface area contributed by atoms with Crippen molar-refractivity contribution in [2.75, 3.05) is 6.61 Å². The fourth-order valence-electron chi connectivity index (χ4n) is 1.44. The van der Waals surface area contributed by atoms with E-state index in [4.69, 9.17) is 4.74 Å². The zero-order valence-corrected chi connectivity index (χ0v) is 7.50. The van der Waals surface area contributed by atoms with Crippen molar-refractivity contribution < 1.29 is 4.74 Å². The summed E-state index contributed by atoms with van der Waals surface area (Å²) in [4.78, 5) is 0. The van der Waals surface area contributed by atoms with Crippen molar-refractivity contribution in [3.05, 3.63) is 42.5 Å². The van der Waals surface area contributed by atoms with Crippen LogP contribution in [-0.4, -0.2) is 21.4 Å². The summed E-state index contributed by atoms with van der Waals surface area (Å²) in [7, 11) is 0. The molecule has 0 saturated carbocycles. The lowest BCUT2D eigenvalue weighted by Crippen LogP contribution is -1.90. The fourth-order valence-corrected chi connectivity index (χ4v) is 1.44. The van der Waals surface area contributed by atoms with Crippen LogP contribution in [0.4, 0.5) is 0 Å². The average molecular weight is 187 g/mol. The van der Waals surface area contributed by atoms with Crippen molar-refractivity contribution in [2.45, 2.75) is 6.10 Å². The van der Waals surface area contributed by atoms with E-state index in [2.05, 4.69) is 22.3 Å². The van der Waals surface area contributed by atoms with E-state index in [0.29, 0.717) is 6.10 Å². The predicted molar refractivity (Wildman–Crippen MR) is 50.1 cm³/mol. The molecule has 14 heavy (non-hydrogen) atoms. The van der Waals surface area contributed by atoms with Gasteiger partial charge in [0.25, 0.3) is 0 Å². The van der Waals surface area contributed by atoms with Crippen LogP contribution >= 0.6 is 0 Å². The van der Waals surface area contributed by atoms with Gasteiger partial charge in [-0.2, -0.15) is 0 Å². The van der Waals surface area contributed by atoms with Gasteiger partial charge < -0.3 is 4.74 Å². The van der Waals surface area contributed by atoms with Crippen molar-refractivity contribution >= 4 is 0 Å². The van der Waals surface area contributed by atoms with Crippen LogP contribution in [0.25, 0.3) is 5.69 Å². The Bertz CT molecular complexity index is 417. The second kappa shape index (κ2) is 2.92. The van der Waals surface area contributed by atoms with Gasteiger partial charge in [0, 0.05) is 5.69 Å². The molecule has 1 saturated heterocycles. The molecule has 1 aromatic heterocycles. The van der Waals surface area contributed by atoms with Crippen molar-refractivity contribution in [1.82, 2.24) is 14.8 Å². The third-order valence-electron chi connectivity index (χ3n) is 2.32. The number of aromatic nitrogens is 3. The van der Waals surface area contributed by atoms with Crippen LogP contribution in [0.15, 0.2) is 36.9 Å². The molecule has 1 aromatic carbocycles. The van der Waals surface area contributed by atoms with Crippen LogP contribution in [-0.2, 0) is 4.74 Å². The molecule has 1 aliphatic rings. The molecule has 2 aromatic rings. The lowest BCUT2D eigenvalue weighted by Gasteiger charge is -2.01. The highest BCUT2D eigenvalue weighted by Gasteiger charge is 2.24. The summed E-state index contributed by atoms with van der Waals surface area (Å²) in [5, 5.41) is 7.51. The Balaban J connectivity index is 1.93. The van der Waals surface area contributed by atoms with E-state index in [1.165, 1.54) is 5.56 Å². The fraction of sp³-hybridized carbons (Fsp3) is 0.200. The van der Waals surface area contributed by atoms with E-state index in [0.717, 1.165) is 12.3 Å². The average Bonchev–Trinajstić information content (AvgIpc) is 2.94. The Morgan fingerprint density at radius 3 is 2.36 bits per heavy atom. The van der Waals surface area contributed by atoms with Crippen molar-refractivity contribution in [2.24, 2.45) is 0 Å². The first-order valence-electron chi connectivity index (χ1n) is 4.50. The summed E-state index contributed by atoms with van der Waals surface area (Å²) in [6.07, 6.45) is 3.69. The standard InChI is InChI=1S/C10H9N3O/c1-3-9(13-6-11-12-7-13)4-2-8(1)10-5-14-10/h1-4,6-7,10H,5H2. The van der Waals surface area contributed by atoms with Gasteiger partial charge in [0.2, 0.25) is 0 Å². The molecule has 1 fully saturated rings. The van der Waals surface area contributed by atoms with Gasteiger partial charge in [-0.15, -0.1) is 10.2 Å². The second-order valence-electron chi connectivity index (χ2n) is 3.28. The zero-order chi connectivity index (χ0) is 9.38. The molecule has 0 bridgehead atoms. The molecule has 1 aliphatic heterocycles. The zero-order valence-electron chi connectivity index (χ0n) is 7.50. The number of hydrogen-bond acceptors (Lipinski definition) is 3. The Labute approximate surface area is 81.2 Å². The molecule has 0 radical (unpaired) electrons. The van der Waals surface area contributed by atoms with E-state index < -0.39 is 0 Å². The number of rotatable bonds is 2. The first kappa shape index (κ1) is 7.70. The summed E-state index contributed by atoms with van der Waals surface area (Å²) < 4.78 is 7.07. The van der Waals surface area contributed by atoms with Gasteiger partial charge in [0.15, 0.2) is 0 Å². The highest BCUT2D eigenvalue weighted by atomic mass is 16.6. The summed E-state index contributed by atoms with van der Waals surface area (Å²) in [6, 6.07) is 8.24. The summed E-state index contributed by atoms with van der Waals surface area (Å²) in [5.41, 5.74) is 2.31. The van der Waals surface area contributed by atoms with Gasteiger partial charge in [0.1, 0.15) is 18.8 Å². The van der Waals surface area contributed by atoms with Crippen LogP contribution in [0.3, 0.4) is 0 Å². The van der Waals surface area contributed by atoms with E-state index in [-0.39, 0.29) is 0 Å². The minimum Gasteiger partial charge on any atom is -0.368 e. The normalized spacial score (nSPS) is 19.6. The van der Waals surface area contributed by atoms with Crippen molar-refractivity contribution in [3.8, 4) is 5.69 Å². The number of epoxide rings is 1. The Kier molecular flexibility index (Phi) is 1.61. The van der Waals surface area contributed by atoms with Crippen LogP contribution < -0.4 is 0 Å². The smallest absolute Gasteiger partial charge is 0.123 e. The van der Waals surface area contributed by atoms with Gasteiger partial charge in [0.05, 0.1) is 6.61 Å². The summed E-state index contributed by atoms with van der Waals surface area (Å²) in [6.45, 7) is 0.853. The molecule has 70 valence electrons. The predicted octanol–water partition coefficient (Wildman–Crippen LogP) is 1.34. The maximum absolute atomic E-state index is 5.19. The number of ether oxygens (including phenoxy) is 1. The number of benzene rings is 1. The van der Waals surface area contributed by atoms with Gasteiger partial charge in [-0.05, 0) is 17.7 Å². The van der Waals surface area contributed by atoms with Crippen molar-refractivity contribution in [3.63, 3.8) is 0 Å². The van der Waals surface area contributed by atoms with Gasteiger partial charge in [-0.3, -0.25) is 4.57 Å². The number of nitrogens with zero attached hydrogens (tertiary/aromatic N) is 3. The molecular weight excluding hydrogens is 178 g/mol. The van der Waals surface area contributed by atoms with Crippen LogP contribution in [0, 0.1) is 0 Å². The summed E-state index contributed by atoms with van der Waals surface area (Å²) in [5.74, 6) is 0. The molecule has 1 unspecified atom stereocenters. The second-order valence-corrected chi connectivity index (χ2v) is 3.28. The highest BCUT2D eigenvalue weighted by molar-refractivity contribution is 5.35. The third-order valence-corrected chi connectivity index (χ3v) is 2.32. The first-order valence-corrected chi connectivity index (χ1v) is 4.50. The van der Waals surface area contributed by atoms with E-state index in [9.17, 15) is 0 Å². The lowest BCUT2D eigenvalue weighted by molar-refractivity contribution is 0.415. The van der Waals surface area contributed by atoms with Gasteiger partial charge in [-0.25, -0.2) is 0 Å². The molecule has 0 N–H and O–H groups in total. The summed E-state index contributed by atoms with van der Waals surface area (Å²) >= 11 is 0. The first-order chi connectivity index (χ1) is 6.93. The largest absolute Gasteiger partial charge is 0.368 e. The molecule has 2 heterocycles. The SMILES string of the molecule is c1cc(-n2cnnc2)ccc1C1CO1. The van der Waals surface area contributed by atoms with E-state index in [1.54, 1.807) is 12.7 Å². The number of hydrogen-bond donors (Lipinski definition) is 0. The highest BCUT2D eigenvalue weighted by Crippen LogP contribution is 2.29. The molecule has 0 amide bonds. The minimum atomic E-state index is 0.324. The molecule has 1 atom stereocenters. The molecular formula is C10H9N3O. The van der Waals surface area contributed by atoms with Crippen LogP contribution in [0.2, 0.25) is 0 Å². The maximum atomic E-state index is 5.19. The van der Waals surface area contributed by atoms with E-state index >= 15 is 0 Å². The lowest BCUT2D eigenvalue weighted by atomic mass is 10.1. The van der Waals surface area contributed by atoms with Crippen LogP contribution in [0.1, 0.15) is 11.7 Å². The third kappa shape index (κ3) is 1.29. The molecule has 4 heteroatoms. The monoisotopic (exact) mass is 187 g/mol. The molecule has 0 aliphatic carbocycles. The van der Waals surface area contributed by atoms with Crippen molar-refractivity contribution in [1.29, 1.82) is 0 Å². The Morgan fingerprint density at radius 2 is 1.79 bits per heavy atom. The maximum Gasteiger partial charge on any atom is 0.123 e. The topological polar surface area (TPSA) is 43.2 Å². The van der Waals surface area contributed by atoms with Crippen LogP contribution in [0.5, 0.6) is 0 Å². The molecule has 4 nitrogen and oxygen atoms in total. The van der Waals surface area contributed by atoms with E-state index in [1.807, 2.05) is 16.7 Å².